The molecule has 8 heteroatoms. The van der Waals surface area contributed by atoms with Crippen LogP contribution in [0.5, 0.6) is 0 Å². The van der Waals surface area contributed by atoms with Crippen LogP contribution in [0.15, 0.2) is 48.7 Å². The van der Waals surface area contributed by atoms with Gasteiger partial charge in [-0.15, -0.1) is 0 Å². The molecule has 2 aromatic carbocycles. The van der Waals surface area contributed by atoms with E-state index < -0.39 is 27.9 Å². The first-order valence-electron chi connectivity index (χ1n) is 9.35. The largest absolute Gasteiger partial charge is 0.465 e. The van der Waals surface area contributed by atoms with Crippen LogP contribution in [0.4, 0.5) is 5.69 Å². The molecule has 0 aliphatic rings. The van der Waals surface area contributed by atoms with Crippen molar-refractivity contribution in [1.29, 1.82) is 0 Å². The molecule has 0 N–H and O–H groups in total. The molecule has 1 aromatic heterocycles. The molecule has 0 saturated carbocycles. The van der Waals surface area contributed by atoms with Crippen molar-refractivity contribution >= 4 is 38.5 Å². The van der Waals surface area contributed by atoms with Gasteiger partial charge in [0.1, 0.15) is 6.04 Å². The third-order valence-corrected chi connectivity index (χ3v) is 6.41. The van der Waals surface area contributed by atoms with Crippen molar-refractivity contribution in [2.45, 2.75) is 26.8 Å². The van der Waals surface area contributed by atoms with Gasteiger partial charge in [-0.1, -0.05) is 24.3 Å². The second-order valence-electron chi connectivity index (χ2n) is 7.26. The maximum Gasteiger partial charge on any atom is 0.340 e. The molecular weight excluding hydrogens is 404 g/mol. The van der Waals surface area contributed by atoms with Gasteiger partial charge in [0.2, 0.25) is 10.0 Å². The molecule has 158 valence electrons. The summed E-state index contributed by atoms with van der Waals surface area (Å²) < 4.78 is 32.5. The molecule has 1 heterocycles. The summed E-state index contributed by atoms with van der Waals surface area (Å²) in [5.41, 5.74) is 3.09. The summed E-state index contributed by atoms with van der Waals surface area (Å²) in [5.74, 6) is -1.05. The number of carbonyl (C=O) groups excluding carboxylic acids is 2. The van der Waals surface area contributed by atoms with Gasteiger partial charge in [-0.05, 0) is 50.1 Å². The van der Waals surface area contributed by atoms with Crippen LogP contribution in [0.1, 0.15) is 33.2 Å². The Balaban J connectivity index is 2.13. The number of sulfonamides is 1. The first-order valence-corrected chi connectivity index (χ1v) is 11.2. The smallest absolute Gasteiger partial charge is 0.340 e. The number of aromatic nitrogens is 1. The van der Waals surface area contributed by atoms with Gasteiger partial charge < -0.3 is 4.74 Å². The second-order valence-corrected chi connectivity index (χ2v) is 9.12. The predicted octanol–water partition coefficient (Wildman–Crippen LogP) is 3.54. The molecule has 0 bridgehead atoms. The van der Waals surface area contributed by atoms with Gasteiger partial charge >= 0.3 is 5.97 Å². The van der Waals surface area contributed by atoms with E-state index in [0.717, 1.165) is 21.7 Å². The number of fused-ring (bicyclic) bond motifs is 1. The Labute approximate surface area is 175 Å². The van der Waals surface area contributed by atoms with Crippen molar-refractivity contribution in [3.05, 3.63) is 65.4 Å². The molecule has 0 fully saturated rings. The van der Waals surface area contributed by atoms with Crippen LogP contribution in [-0.2, 0) is 14.8 Å². The first-order chi connectivity index (χ1) is 14.1. The highest BCUT2D eigenvalue weighted by Crippen LogP contribution is 2.27. The molecule has 1 unspecified atom stereocenters. The molecule has 0 saturated heterocycles. The van der Waals surface area contributed by atoms with Crippen LogP contribution in [0.25, 0.3) is 10.9 Å². The van der Waals surface area contributed by atoms with E-state index in [1.807, 2.05) is 19.9 Å². The van der Waals surface area contributed by atoms with E-state index >= 15 is 0 Å². The van der Waals surface area contributed by atoms with Gasteiger partial charge in [0, 0.05) is 11.6 Å². The monoisotopic (exact) mass is 428 g/mol. The number of aryl methyl sites for hydroxylation is 2. The van der Waals surface area contributed by atoms with E-state index in [1.54, 1.807) is 36.4 Å². The number of carbonyl (C=O) groups is 2. The molecule has 3 rings (SSSR count). The first kappa shape index (κ1) is 21.6. The molecule has 30 heavy (non-hydrogen) atoms. The summed E-state index contributed by atoms with van der Waals surface area (Å²) in [6, 6.07) is 11.1. The van der Waals surface area contributed by atoms with Gasteiger partial charge in [-0.2, -0.15) is 0 Å². The van der Waals surface area contributed by atoms with E-state index in [0.29, 0.717) is 16.6 Å². The van der Waals surface area contributed by atoms with Gasteiger partial charge in [-0.3, -0.25) is 13.7 Å². The lowest BCUT2D eigenvalue weighted by molar-refractivity contribution is 0.0603. The maximum atomic E-state index is 13.4. The van der Waals surface area contributed by atoms with Crippen LogP contribution in [-0.4, -0.2) is 44.3 Å². The lowest BCUT2D eigenvalue weighted by atomic mass is 10.1. The van der Waals surface area contributed by atoms with Crippen molar-refractivity contribution < 1.29 is 22.7 Å². The van der Waals surface area contributed by atoms with Crippen LogP contribution in [0.2, 0.25) is 0 Å². The number of methoxy groups -OCH3 is 1. The summed E-state index contributed by atoms with van der Waals surface area (Å²) in [7, 11) is -2.49. The molecule has 0 amide bonds. The minimum atomic E-state index is -3.76. The highest BCUT2D eigenvalue weighted by Gasteiger charge is 2.31. The number of anilines is 1. The quantitative estimate of drug-likeness (QED) is 0.580. The SMILES string of the molecule is COC(=O)c1cn(C(=O)C(C)N(c2ccc(C)c(C)c2)S(C)(=O)=O)c2ccccc12. The maximum absolute atomic E-state index is 13.4. The topological polar surface area (TPSA) is 85.7 Å². The molecule has 3 aromatic rings. The highest BCUT2D eigenvalue weighted by molar-refractivity contribution is 7.92. The molecule has 1 atom stereocenters. The Morgan fingerprint density at radius 1 is 1.07 bits per heavy atom. The molecule has 7 nitrogen and oxygen atoms in total. The number of esters is 1. The normalized spacial score (nSPS) is 12.6. The van der Waals surface area contributed by atoms with E-state index in [1.165, 1.54) is 24.8 Å². The molecular formula is C22H24N2O5S. The highest BCUT2D eigenvalue weighted by atomic mass is 32.2. The Morgan fingerprint density at radius 3 is 2.33 bits per heavy atom. The zero-order valence-corrected chi connectivity index (χ0v) is 18.4. The standard InChI is InChI=1S/C22H24N2O5S/c1-14-10-11-17(12-15(14)2)24(30(5,27)28)16(3)21(25)23-13-19(22(26)29-4)18-8-6-7-9-20(18)23/h6-13,16H,1-5H3. The van der Waals surface area contributed by atoms with Gasteiger partial charge in [-0.25, -0.2) is 13.2 Å². The van der Waals surface area contributed by atoms with Gasteiger partial charge in [0.15, 0.2) is 0 Å². The number of rotatable bonds is 5. The lowest BCUT2D eigenvalue weighted by Gasteiger charge is -2.28. The Hall–Kier alpha value is -3.13. The third kappa shape index (κ3) is 3.82. The Kier molecular flexibility index (Phi) is 5.72. The zero-order valence-electron chi connectivity index (χ0n) is 17.5. The number of benzene rings is 2. The fourth-order valence-corrected chi connectivity index (χ4v) is 4.66. The zero-order chi connectivity index (χ0) is 22.2. The van der Waals surface area contributed by atoms with E-state index in [-0.39, 0.29) is 5.56 Å². The van der Waals surface area contributed by atoms with Crippen molar-refractivity contribution in [2.75, 3.05) is 17.7 Å². The average Bonchev–Trinajstić information content (AvgIpc) is 3.08. The van der Waals surface area contributed by atoms with Crippen molar-refractivity contribution in [3.63, 3.8) is 0 Å². The molecule has 0 aliphatic carbocycles. The number of para-hydroxylation sites is 1. The van der Waals surface area contributed by atoms with Crippen molar-refractivity contribution in [1.82, 2.24) is 4.57 Å². The van der Waals surface area contributed by atoms with Crippen LogP contribution < -0.4 is 4.31 Å². The summed E-state index contributed by atoms with van der Waals surface area (Å²) in [5, 5.41) is 0.557. The molecule has 0 radical (unpaired) electrons. The third-order valence-electron chi connectivity index (χ3n) is 5.17. The number of ether oxygens (including phenoxy) is 1. The van der Waals surface area contributed by atoms with Crippen LogP contribution in [0, 0.1) is 13.8 Å². The number of hydrogen-bond donors (Lipinski definition) is 0. The van der Waals surface area contributed by atoms with Gasteiger partial charge in [0.05, 0.1) is 30.1 Å². The minimum absolute atomic E-state index is 0.241. The second kappa shape index (κ2) is 7.95. The van der Waals surface area contributed by atoms with Crippen LogP contribution >= 0.6 is 0 Å². The lowest BCUT2D eigenvalue weighted by Crippen LogP contribution is -2.44. The summed E-state index contributed by atoms with van der Waals surface area (Å²) in [4.78, 5) is 25.6. The fourth-order valence-electron chi connectivity index (χ4n) is 3.50. The van der Waals surface area contributed by atoms with E-state index in [2.05, 4.69) is 0 Å². The van der Waals surface area contributed by atoms with E-state index in [9.17, 15) is 18.0 Å². The number of hydrogen-bond acceptors (Lipinski definition) is 5. The van der Waals surface area contributed by atoms with Crippen molar-refractivity contribution in [3.8, 4) is 0 Å². The average molecular weight is 429 g/mol. The van der Waals surface area contributed by atoms with Gasteiger partial charge in [0.25, 0.3) is 5.91 Å². The Morgan fingerprint density at radius 2 is 1.73 bits per heavy atom. The van der Waals surface area contributed by atoms with Crippen molar-refractivity contribution in [2.24, 2.45) is 0 Å². The van der Waals surface area contributed by atoms with Crippen LogP contribution in [0.3, 0.4) is 0 Å². The summed E-state index contributed by atoms with van der Waals surface area (Å²) in [6.07, 6.45) is 2.47. The predicted molar refractivity (Wildman–Crippen MR) is 117 cm³/mol. The molecule has 0 spiro atoms. The van der Waals surface area contributed by atoms with E-state index in [4.69, 9.17) is 4.74 Å². The summed E-state index contributed by atoms with van der Waals surface area (Å²) in [6.45, 7) is 5.35. The summed E-state index contributed by atoms with van der Waals surface area (Å²) >= 11 is 0. The minimum Gasteiger partial charge on any atom is -0.465 e. The fraction of sp³-hybridized carbons (Fsp3) is 0.273. The number of nitrogens with zero attached hydrogens (tertiary/aromatic N) is 2. The molecule has 0 aliphatic heterocycles. The Bertz CT molecular complexity index is 1240.